The van der Waals surface area contributed by atoms with E-state index in [-0.39, 0.29) is 10.8 Å². The molecule has 0 atom stereocenters. The lowest BCUT2D eigenvalue weighted by atomic mass is 10.2. The van der Waals surface area contributed by atoms with Gasteiger partial charge in [-0.2, -0.15) is 4.31 Å². The minimum atomic E-state index is -3.52. The Morgan fingerprint density at radius 3 is 2.59 bits per heavy atom. The summed E-state index contributed by atoms with van der Waals surface area (Å²) in [6.07, 6.45) is 4.30. The molecule has 29 heavy (non-hydrogen) atoms. The number of nitrogens with zero attached hydrogens (tertiary/aromatic N) is 3. The summed E-state index contributed by atoms with van der Waals surface area (Å²) >= 11 is 0. The van der Waals surface area contributed by atoms with Crippen molar-refractivity contribution in [3.05, 3.63) is 24.0 Å². The van der Waals surface area contributed by atoms with Crippen LogP contribution < -0.4 is 5.32 Å². The number of rotatable bonds is 11. The highest BCUT2D eigenvalue weighted by Gasteiger charge is 2.24. The van der Waals surface area contributed by atoms with Crippen molar-refractivity contribution in [2.24, 2.45) is 5.92 Å². The molecule has 1 saturated carbocycles. The van der Waals surface area contributed by atoms with Gasteiger partial charge >= 0.3 is 0 Å². The number of carbonyl (C=O) groups excluding carboxylic acids is 1. The lowest BCUT2D eigenvalue weighted by Gasteiger charge is -2.18. The maximum atomic E-state index is 12.8. The molecule has 1 N–H and O–H groups in total. The number of amides is 1. The van der Waals surface area contributed by atoms with Gasteiger partial charge in [0, 0.05) is 39.0 Å². The molecule has 0 radical (unpaired) electrons. The molecule has 1 aliphatic carbocycles. The number of carbonyl (C=O) groups is 1. The van der Waals surface area contributed by atoms with Gasteiger partial charge in [-0.1, -0.05) is 20.8 Å². The number of hydrogen-bond acceptors (Lipinski definition) is 4. The van der Waals surface area contributed by atoms with Gasteiger partial charge in [0.25, 0.3) is 0 Å². The van der Waals surface area contributed by atoms with Crippen molar-refractivity contribution in [2.45, 2.75) is 64.3 Å². The Kier molecular flexibility index (Phi) is 6.95. The van der Waals surface area contributed by atoms with E-state index in [0.29, 0.717) is 37.4 Å². The van der Waals surface area contributed by atoms with E-state index in [1.807, 2.05) is 19.9 Å². The van der Waals surface area contributed by atoms with Crippen LogP contribution in [-0.4, -0.2) is 47.8 Å². The summed E-state index contributed by atoms with van der Waals surface area (Å²) in [5.41, 5.74) is 1.58. The molecule has 0 unspecified atom stereocenters. The third-order valence-corrected chi connectivity index (χ3v) is 7.50. The molecule has 160 valence electrons. The Hall–Kier alpha value is -1.93. The van der Waals surface area contributed by atoms with Crippen LogP contribution in [0.5, 0.6) is 0 Å². The Morgan fingerprint density at radius 2 is 1.97 bits per heavy atom. The second-order valence-corrected chi connectivity index (χ2v) is 9.60. The lowest BCUT2D eigenvalue weighted by molar-refractivity contribution is -0.121. The molecule has 0 aliphatic heterocycles. The summed E-state index contributed by atoms with van der Waals surface area (Å²) in [7, 11) is -3.52. The van der Waals surface area contributed by atoms with Crippen LogP contribution in [0.25, 0.3) is 11.0 Å². The highest BCUT2D eigenvalue weighted by molar-refractivity contribution is 7.89. The van der Waals surface area contributed by atoms with Crippen molar-refractivity contribution in [1.82, 2.24) is 19.2 Å². The average Bonchev–Trinajstić information content (AvgIpc) is 3.47. The van der Waals surface area contributed by atoms with Crippen molar-refractivity contribution in [2.75, 3.05) is 19.6 Å². The van der Waals surface area contributed by atoms with Gasteiger partial charge in [-0.15, -0.1) is 0 Å². The van der Waals surface area contributed by atoms with Gasteiger partial charge in [0.2, 0.25) is 15.9 Å². The summed E-state index contributed by atoms with van der Waals surface area (Å²) < 4.78 is 29.2. The number of aromatic nitrogens is 2. The maximum Gasteiger partial charge on any atom is 0.243 e. The van der Waals surface area contributed by atoms with E-state index in [2.05, 4.69) is 16.8 Å². The van der Waals surface area contributed by atoms with Crippen LogP contribution in [0, 0.1) is 5.92 Å². The van der Waals surface area contributed by atoms with Gasteiger partial charge in [0.05, 0.1) is 15.9 Å². The van der Waals surface area contributed by atoms with E-state index in [1.54, 1.807) is 12.1 Å². The third kappa shape index (κ3) is 4.98. The number of nitrogens with one attached hydrogen (secondary N) is 1. The summed E-state index contributed by atoms with van der Waals surface area (Å²) in [5, 5.41) is 2.99. The Labute approximate surface area is 173 Å². The highest BCUT2D eigenvalue weighted by atomic mass is 32.2. The minimum absolute atomic E-state index is 0.0526. The molecule has 8 heteroatoms. The molecule has 0 saturated heterocycles. The molecule has 1 fully saturated rings. The lowest BCUT2D eigenvalue weighted by Crippen LogP contribution is -2.30. The molecule has 1 amide bonds. The van der Waals surface area contributed by atoms with Crippen molar-refractivity contribution >= 4 is 27.0 Å². The molecule has 2 aromatic rings. The molecule has 1 aliphatic rings. The topological polar surface area (TPSA) is 84.3 Å². The number of fused-ring (bicyclic) bond motifs is 1. The van der Waals surface area contributed by atoms with Crippen molar-refractivity contribution in [1.29, 1.82) is 0 Å². The van der Waals surface area contributed by atoms with Crippen LogP contribution in [0.15, 0.2) is 23.1 Å². The van der Waals surface area contributed by atoms with Gasteiger partial charge in [0.15, 0.2) is 0 Å². The Bertz CT molecular complexity index is 960. The molecular weight excluding hydrogens is 388 g/mol. The minimum Gasteiger partial charge on any atom is -0.356 e. The van der Waals surface area contributed by atoms with Gasteiger partial charge in [-0.05, 0) is 43.4 Å². The van der Waals surface area contributed by atoms with Gasteiger partial charge in [-0.25, -0.2) is 13.4 Å². The van der Waals surface area contributed by atoms with E-state index >= 15 is 0 Å². The van der Waals surface area contributed by atoms with Crippen LogP contribution in [0.1, 0.15) is 52.3 Å². The first-order valence-corrected chi connectivity index (χ1v) is 12.1. The predicted molar refractivity (Wildman–Crippen MR) is 114 cm³/mol. The van der Waals surface area contributed by atoms with Crippen LogP contribution in [0.4, 0.5) is 0 Å². The third-order valence-electron chi connectivity index (χ3n) is 5.45. The second kappa shape index (κ2) is 9.26. The number of hydrogen-bond donors (Lipinski definition) is 1. The van der Waals surface area contributed by atoms with Crippen molar-refractivity contribution < 1.29 is 13.2 Å². The molecule has 7 nitrogen and oxygen atoms in total. The Morgan fingerprint density at radius 1 is 1.24 bits per heavy atom. The summed E-state index contributed by atoms with van der Waals surface area (Å²) in [4.78, 5) is 17.1. The van der Waals surface area contributed by atoms with Gasteiger partial charge in [-0.3, -0.25) is 4.79 Å². The SMILES string of the molecule is CCCn1c(CCC(=O)NCC2CC2)nc2cc(S(=O)(=O)N(CC)CC)ccc21. The molecule has 1 aromatic heterocycles. The number of imidazole rings is 1. The standard InChI is InChI=1S/C21H32N4O3S/c1-4-13-25-19-10-9-17(29(27,28)24(5-2)6-3)14-18(19)23-20(25)11-12-21(26)22-15-16-7-8-16/h9-10,14,16H,4-8,11-13,15H2,1-3H3,(H,22,26). The van der Waals surface area contributed by atoms with E-state index in [1.165, 1.54) is 17.1 Å². The van der Waals surface area contributed by atoms with Crippen molar-refractivity contribution in [3.63, 3.8) is 0 Å². The maximum absolute atomic E-state index is 12.8. The number of aryl methyl sites for hydroxylation is 2. The molecule has 1 aromatic carbocycles. The fraction of sp³-hybridized carbons (Fsp3) is 0.619. The van der Waals surface area contributed by atoms with Gasteiger partial charge in [0.1, 0.15) is 5.82 Å². The predicted octanol–water partition coefficient (Wildman–Crippen LogP) is 2.94. The first kappa shape index (κ1) is 21.8. The first-order valence-electron chi connectivity index (χ1n) is 10.7. The fourth-order valence-electron chi connectivity index (χ4n) is 3.59. The largest absolute Gasteiger partial charge is 0.356 e. The van der Waals surface area contributed by atoms with E-state index in [9.17, 15) is 13.2 Å². The average molecular weight is 421 g/mol. The Balaban J connectivity index is 1.83. The zero-order chi connectivity index (χ0) is 21.0. The fourth-order valence-corrected chi connectivity index (χ4v) is 5.07. The van der Waals surface area contributed by atoms with Crippen LogP contribution in [-0.2, 0) is 27.8 Å². The highest BCUT2D eigenvalue weighted by Crippen LogP contribution is 2.27. The normalized spacial score (nSPS) is 14.6. The van der Waals surface area contributed by atoms with Crippen LogP contribution in [0.3, 0.4) is 0 Å². The van der Waals surface area contributed by atoms with Crippen LogP contribution in [0.2, 0.25) is 0 Å². The van der Waals surface area contributed by atoms with E-state index in [4.69, 9.17) is 4.98 Å². The zero-order valence-corrected chi connectivity index (χ0v) is 18.5. The van der Waals surface area contributed by atoms with Crippen LogP contribution >= 0.6 is 0 Å². The van der Waals surface area contributed by atoms with E-state index in [0.717, 1.165) is 30.9 Å². The summed E-state index contributed by atoms with van der Waals surface area (Å²) in [6.45, 7) is 8.19. The number of sulfonamides is 1. The number of benzene rings is 1. The molecule has 0 bridgehead atoms. The quantitative estimate of drug-likeness (QED) is 0.606. The second-order valence-electron chi connectivity index (χ2n) is 7.67. The van der Waals surface area contributed by atoms with Crippen molar-refractivity contribution in [3.8, 4) is 0 Å². The molecule has 0 spiro atoms. The monoisotopic (exact) mass is 420 g/mol. The van der Waals surface area contributed by atoms with Gasteiger partial charge < -0.3 is 9.88 Å². The molecule has 3 rings (SSSR count). The zero-order valence-electron chi connectivity index (χ0n) is 17.6. The smallest absolute Gasteiger partial charge is 0.243 e. The summed E-state index contributed by atoms with van der Waals surface area (Å²) in [6, 6.07) is 5.16. The van der Waals surface area contributed by atoms with E-state index < -0.39 is 10.0 Å². The molecular formula is C21H32N4O3S. The summed E-state index contributed by atoms with van der Waals surface area (Å²) in [5.74, 6) is 1.55. The molecule has 1 heterocycles. The first-order chi connectivity index (χ1) is 13.9.